The van der Waals surface area contributed by atoms with Crippen LogP contribution in [0, 0.1) is 6.92 Å². The van der Waals surface area contributed by atoms with Gasteiger partial charge in [-0.25, -0.2) is 4.79 Å². The Morgan fingerprint density at radius 3 is 2.59 bits per heavy atom. The van der Waals surface area contributed by atoms with E-state index in [0.717, 1.165) is 28.1 Å². The summed E-state index contributed by atoms with van der Waals surface area (Å²) in [6.45, 7) is 2.58. The smallest absolute Gasteiger partial charge is 0.325 e. The molecule has 1 aromatic carbocycles. The fraction of sp³-hybridized carbons (Fsp3) is 0.143. The third-order valence-corrected chi connectivity index (χ3v) is 4.66. The molecule has 3 aromatic heterocycles. The second kappa shape index (κ2) is 7.59. The van der Waals surface area contributed by atoms with Crippen molar-refractivity contribution in [3.63, 3.8) is 0 Å². The number of ether oxygens (including phenoxy) is 1. The van der Waals surface area contributed by atoms with Gasteiger partial charge in [-0.2, -0.15) is 5.10 Å². The van der Waals surface area contributed by atoms with Crippen LogP contribution >= 0.6 is 0 Å². The Morgan fingerprint density at radius 1 is 1.07 bits per heavy atom. The van der Waals surface area contributed by atoms with E-state index >= 15 is 0 Å². The van der Waals surface area contributed by atoms with Gasteiger partial charge in [0.15, 0.2) is 0 Å². The Balaban J connectivity index is 1.64. The Kier molecular flexibility index (Phi) is 4.82. The zero-order chi connectivity index (χ0) is 20.4. The Morgan fingerprint density at radius 2 is 1.86 bits per heavy atom. The van der Waals surface area contributed by atoms with Crippen LogP contribution in [0.25, 0.3) is 22.4 Å². The number of aromatic nitrogens is 5. The lowest BCUT2D eigenvalue weighted by Gasteiger charge is -2.06. The molecule has 29 heavy (non-hydrogen) atoms. The van der Waals surface area contributed by atoms with E-state index in [1.54, 1.807) is 13.2 Å². The highest BCUT2D eigenvalue weighted by Gasteiger charge is 2.12. The van der Waals surface area contributed by atoms with E-state index < -0.39 is 11.2 Å². The monoisotopic (exact) mass is 389 g/mol. The van der Waals surface area contributed by atoms with E-state index in [1.165, 1.54) is 6.20 Å². The second-order valence-corrected chi connectivity index (χ2v) is 6.63. The maximum atomic E-state index is 12.1. The molecule has 0 amide bonds. The molecule has 4 aromatic rings. The number of rotatable bonds is 5. The highest BCUT2D eigenvalue weighted by molar-refractivity contribution is 5.70. The molecule has 0 unspecified atom stereocenters. The average Bonchev–Trinajstić information content (AvgIpc) is 3.17. The number of hydrogen-bond acceptors (Lipinski definition) is 5. The molecule has 8 nitrogen and oxygen atoms in total. The van der Waals surface area contributed by atoms with Crippen LogP contribution in [-0.2, 0) is 6.54 Å². The molecule has 8 heteroatoms. The summed E-state index contributed by atoms with van der Waals surface area (Å²) in [7, 11) is 1.65. The van der Waals surface area contributed by atoms with Crippen LogP contribution in [0.15, 0.2) is 64.6 Å². The van der Waals surface area contributed by atoms with Crippen LogP contribution in [0.4, 0.5) is 0 Å². The molecule has 0 fully saturated rings. The molecule has 0 radical (unpaired) electrons. The van der Waals surface area contributed by atoms with Gasteiger partial charge in [0.25, 0.3) is 5.56 Å². The summed E-state index contributed by atoms with van der Waals surface area (Å²) in [5, 5.41) is 8.30. The predicted molar refractivity (Wildman–Crippen MR) is 109 cm³/mol. The molecule has 0 saturated carbocycles. The first kappa shape index (κ1) is 18.4. The van der Waals surface area contributed by atoms with Crippen molar-refractivity contribution in [2.24, 2.45) is 0 Å². The highest BCUT2D eigenvalue weighted by atomic mass is 16.5. The number of nitrogens with zero attached hydrogens (tertiary/aromatic N) is 3. The Hall–Kier alpha value is -3.94. The van der Waals surface area contributed by atoms with Crippen molar-refractivity contribution in [3.8, 4) is 28.1 Å². The van der Waals surface area contributed by atoms with Crippen molar-refractivity contribution in [2.75, 3.05) is 7.11 Å². The third-order valence-electron chi connectivity index (χ3n) is 4.66. The summed E-state index contributed by atoms with van der Waals surface area (Å²) in [6, 6.07) is 11.7. The van der Waals surface area contributed by atoms with Gasteiger partial charge in [-0.05, 0) is 36.8 Å². The molecule has 0 atom stereocenters. The maximum Gasteiger partial charge on any atom is 0.325 e. The molecule has 3 heterocycles. The zero-order valence-corrected chi connectivity index (χ0v) is 16.0. The minimum absolute atomic E-state index is 0.260. The van der Waals surface area contributed by atoms with Gasteiger partial charge in [0.1, 0.15) is 11.4 Å². The quantitative estimate of drug-likeness (QED) is 0.545. The van der Waals surface area contributed by atoms with E-state index in [9.17, 15) is 9.59 Å². The number of hydrogen-bond donors (Lipinski definition) is 2. The number of methoxy groups -OCH3 is 1. The van der Waals surface area contributed by atoms with Crippen LogP contribution in [0.1, 0.15) is 11.3 Å². The summed E-state index contributed by atoms with van der Waals surface area (Å²) in [5.41, 5.74) is 3.32. The summed E-state index contributed by atoms with van der Waals surface area (Å²) >= 11 is 0. The largest absolute Gasteiger partial charge is 0.497 e. The van der Waals surface area contributed by atoms with Gasteiger partial charge in [0, 0.05) is 36.3 Å². The number of aromatic amines is 2. The molecular weight excluding hydrogens is 370 g/mol. The van der Waals surface area contributed by atoms with Crippen molar-refractivity contribution in [2.45, 2.75) is 13.5 Å². The Bertz CT molecular complexity index is 1270. The lowest BCUT2D eigenvalue weighted by molar-refractivity contribution is 0.414. The molecule has 0 saturated heterocycles. The summed E-state index contributed by atoms with van der Waals surface area (Å²) < 4.78 is 7.27. The van der Waals surface area contributed by atoms with Gasteiger partial charge in [0.2, 0.25) is 0 Å². The summed E-state index contributed by atoms with van der Waals surface area (Å²) in [4.78, 5) is 28.0. The molecule has 2 N–H and O–H groups in total. The van der Waals surface area contributed by atoms with Crippen LogP contribution in [-0.4, -0.2) is 31.8 Å². The minimum atomic E-state index is -0.561. The van der Waals surface area contributed by atoms with Gasteiger partial charge in [0.05, 0.1) is 18.4 Å². The van der Waals surface area contributed by atoms with Crippen molar-refractivity contribution in [1.29, 1.82) is 0 Å². The van der Waals surface area contributed by atoms with E-state index in [2.05, 4.69) is 24.7 Å². The van der Waals surface area contributed by atoms with E-state index in [4.69, 9.17) is 4.74 Å². The van der Waals surface area contributed by atoms with Gasteiger partial charge in [-0.15, -0.1) is 5.10 Å². The highest BCUT2D eigenvalue weighted by Crippen LogP contribution is 2.25. The van der Waals surface area contributed by atoms with Crippen molar-refractivity contribution < 1.29 is 4.74 Å². The average molecular weight is 389 g/mol. The number of nitrogens with one attached hydrogen (secondary N) is 2. The zero-order valence-electron chi connectivity index (χ0n) is 16.0. The first-order chi connectivity index (χ1) is 14.0. The van der Waals surface area contributed by atoms with Crippen LogP contribution in [0.5, 0.6) is 5.75 Å². The number of H-pyrrole nitrogens is 2. The Labute approximate surface area is 165 Å². The molecule has 0 spiro atoms. The van der Waals surface area contributed by atoms with E-state index in [1.807, 2.05) is 49.6 Å². The number of aryl methyl sites for hydroxylation is 1. The SMILES string of the molecule is COc1ccc(Cn2ccc(-c3cc(-c4c[nH]c(=O)[nH]c4=O)nnc3C)c2)cc1. The molecule has 0 aliphatic heterocycles. The van der Waals surface area contributed by atoms with Crippen LogP contribution in [0.2, 0.25) is 0 Å². The summed E-state index contributed by atoms with van der Waals surface area (Å²) in [5.74, 6) is 0.824. The normalized spacial score (nSPS) is 10.8. The third kappa shape index (κ3) is 3.86. The molecule has 0 aliphatic rings. The second-order valence-electron chi connectivity index (χ2n) is 6.63. The van der Waals surface area contributed by atoms with Crippen molar-refractivity contribution >= 4 is 0 Å². The van der Waals surface area contributed by atoms with Crippen LogP contribution in [0.3, 0.4) is 0 Å². The van der Waals surface area contributed by atoms with E-state index in [-0.39, 0.29) is 5.56 Å². The topological polar surface area (TPSA) is 106 Å². The maximum absolute atomic E-state index is 12.1. The predicted octanol–water partition coefficient (Wildman–Crippen LogP) is 2.35. The fourth-order valence-electron chi connectivity index (χ4n) is 3.12. The fourth-order valence-corrected chi connectivity index (χ4v) is 3.12. The molecule has 4 rings (SSSR count). The first-order valence-electron chi connectivity index (χ1n) is 8.99. The first-order valence-corrected chi connectivity index (χ1v) is 8.99. The molecule has 146 valence electrons. The lowest BCUT2D eigenvalue weighted by Crippen LogP contribution is -2.22. The number of benzene rings is 1. The molecule has 0 aliphatic carbocycles. The standard InChI is InChI=1S/C21H19N5O3/c1-13-17(9-19(25-24-13)18-10-22-21(28)23-20(18)27)15-7-8-26(12-15)11-14-3-5-16(29-2)6-4-14/h3-10,12H,11H2,1-2H3,(H2,22,23,27,28). The van der Waals surface area contributed by atoms with Gasteiger partial charge in [-0.1, -0.05) is 12.1 Å². The lowest BCUT2D eigenvalue weighted by atomic mass is 10.1. The summed E-state index contributed by atoms with van der Waals surface area (Å²) in [6.07, 6.45) is 5.36. The van der Waals surface area contributed by atoms with E-state index in [0.29, 0.717) is 12.2 Å². The van der Waals surface area contributed by atoms with Crippen molar-refractivity contribution in [3.05, 3.63) is 87.1 Å². The van der Waals surface area contributed by atoms with Crippen LogP contribution < -0.4 is 16.0 Å². The van der Waals surface area contributed by atoms with Gasteiger partial charge in [-0.3, -0.25) is 9.78 Å². The van der Waals surface area contributed by atoms with Gasteiger partial charge < -0.3 is 14.3 Å². The van der Waals surface area contributed by atoms with Crippen molar-refractivity contribution in [1.82, 2.24) is 24.7 Å². The van der Waals surface area contributed by atoms with Gasteiger partial charge >= 0.3 is 5.69 Å². The minimum Gasteiger partial charge on any atom is -0.497 e. The molecular formula is C21H19N5O3. The molecule has 0 bridgehead atoms.